The van der Waals surface area contributed by atoms with Crippen molar-refractivity contribution in [3.63, 3.8) is 0 Å². The molecule has 0 saturated heterocycles. The highest BCUT2D eigenvalue weighted by molar-refractivity contribution is 6.33. The molecule has 0 fully saturated rings. The van der Waals surface area contributed by atoms with E-state index < -0.39 is 0 Å². The van der Waals surface area contributed by atoms with Gasteiger partial charge in [0.15, 0.2) is 5.65 Å². The zero-order chi connectivity index (χ0) is 22.6. The van der Waals surface area contributed by atoms with Crippen molar-refractivity contribution >= 4 is 34.4 Å². The number of fused-ring (bicyclic) bond motifs is 2. The third-order valence-corrected chi connectivity index (χ3v) is 6.06. The fraction of sp³-hybridized carbons (Fsp3) is 0.304. The van der Waals surface area contributed by atoms with Crippen molar-refractivity contribution in [2.75, 3.05) is 11.9 Å². The van der Waals surface area contributed by atoms with Gasteiger partial charge in [-0.25, -0.2) is 14.3 Å². The molecule has 1 aliphatic rings. The summed E-state index contributed by atoms with van der Waals surface area (Å²) in [4.78, 5) is 26.9. The number of aromatic nitrogens is 5. The molecule has 5 rings (SSSR count). The molecule has 164 valence electrons. The van der Waals surface area contributed by atoms with E-state index in [1.165, 1.54) is 0 Å². The maximum atomic E-state index is 13.2. The number of pyridine rings is 1. The second kappa shape index (κ2) is 7.63. The second-order valence-electron chi connectivity index (χ2n) is 8.26. The molecule has 0 bridgehead atoms. The Balaban J connectivity index is 1.67. The summed E-state index contributed by atoms with van der Waals surface area (Å²) in [5.41, 5.74) is 5.28. The lowest BCUT2D eigenvalue weighted by molar-refractivity contribution is 0.357. The number of nitrogens with one attached hydrogen (secondary N) is 1. The summed E-state index contributed by atoms with van der Waals surface area (Å²) in [7, 11) is 1.72. The predicted molar refractivity (Wildman–Crippen MR) is 125 cm³/mol. The quantitative estimate of drug-likeness (QED) is 0.499. The molecule has 1 aromatic carbocycles. The Hall–Kier alpha value is -3.39. The van der Waals surface area contributed by atoms with Gasteiger partial charge in [-0.1, -0.05) is 25.4 Å². The lowest BCUT2D eigenvalue weighted by Gasteiger charge is -2.15. The molecule has 0 atom stereocenters. The van der Waals surface area contributed by atoms with Crippen molar-refractivity contribution < 1.29 is 4.74 Å². The van der Waals surface area contributed by atoms with Gasteiger partial charge in [-0.15, -0.1) is 0 Å². The number of halogens is 1. The van der Waals surface area contributed by atoms with E-state index in [4.69, 9.17) is 21.3 Å². The molecule has 0 aliphatic carbocycles. The zero-order valence-electron chi connectivity index (χ0n) is 18.3. The maximum Gasteiger partial charge on any atom is 0.334 e. The first kappa shape index (κ1) is 20.5. The number of benzene rings is 1. The fourth-order valence-electron chi connectivity index (χ4n) is 4.07. The highest BCUT2D eigenvalue weighted by Crippen LogP contribution is 2.35. The molecule has 32 heavy (non-hydrogen) atoms. The Morgan fingerprint density at radius 1 is 1.25 bits per heavy atom. The van der Waals surface area contributed by atoms with Crippen LogP contribution in [0.3, 0.4) is 0 Å². The fourth-order valence-corrected chi connectivity index (χ4v) is 4.28. The van der Waals surface area contributed by atoms with Crippen molar-refractivity contribution in [3.05, 3.63) is 62.9 Å². The van der Waals surface area contributed by atoms with E-state index in [-0.39, 0.29) is 11.6 Å². The summed E-state index contributed by atoms with van der Waals surface area (Å²) >= 11 is 6.44. The van der Waals surface area contributed by atoms with E-state index in [0.29, 0.717) is 34.4 Å². The number of hydrogen-bond donors (Lipinski definition) is 1. The maximum absolute atomic E-state index is 13.2. The minimum absolute atomic E-state index is 0.138. The van der Waals surface area contributed by atoms with E-state index in [0.717, 1.165) is 34.7 Å². The molecule has 0 saturated carbocycles. The van der Waals surface area contributed by atoms with Crippen LogP contribution in [0, 0.1) is 6.92 Å². The third kappa shape index (κ3) is 3.22. The van der Waals surface area contributed by atoms with Crippen molar-refractivity contribution in [2.45, 2.75) is 33.1 Å². The first-order chi connectivity index (χ1) is 15.3. The van der Waals surface area contributed by atoms with Gasteiger partial charge >= 0.3 is 5.69 Å². The van der Waals surface area contributed by atoms with Crippen LogP contribution in [0.5, 0.6) is 5.75 Å². The summed E-state index contributed by atoms with van der Waals surface area (Å²) in [5, 5.41) is 3.72. The monoisotopic (exact) mass is 450 g/mol. The van der Waals surface area contributed by atoms with E-state index >= 15 is 0 Å². The van der Waals surface area contributed by atoms with Gasteiger partial charge in [0.1, 0.15) is 11.3 Å². The van der Waals surface area contributed by atoms with E-state index in [1.807, 2.05) is 19.1 Å². The van der Waals surface area contributed by atoms with Crippen LogP contribution in [0.15, 0.2) is 35.4 Å². The van der Waals surface area contributed by atoms with Gasteiger partial charge in [-0.05, 0) is 36.1 Å². The van der Waals surface area contributed by atoms with Gasteiger partial charge in [-0.2, -0.15) is 4.98 Å². The van der Waals surface area contributed by atoms with Gasteiger partial charge in [0.05, 0.1) is 34.9 Å². The highest BCUT2D eigenvalue weighted by atomic mass is 35.5. The largest absolute Gasteiger partial charge is 0.493 e. The Bertz CT molecular complexity index is 1420. The molecular formula is C23H23ClN6O2. The molecule has 0 radical (unpaired) electrons. The molecule has 0 amide bonds. The predicted octanol–water partition coefficient (Wildman–Crippen LogP) is 4.28. The molecule has 9 heteroatoms. The van der Waals surface area contributed by atoms with Crippen molar-refractivity contribution in [1.82, 2.24) is 24.1 Å². The molecule has 1 aliphatic heterocycles. The number of aryl methyl sites for hydroxylation is 2. The average molecular weight is 451 g/mol. The van der Waals surface area contributed by atoms with Gasteiger partial charge in [0.25, 0.3) is 0 Å². The van der Waals surface area contributed by atoms with Crippen LogP contribution in [-0.2, 0) is 13.5 Å². The van der Waals surface area contributed by atoms with Gasteiger partial charge in [0, 0.05) is 25.7 Å². The van der Waals surface area contributed by atoms with Gasteiger partial charge < -0.3 is 10.1 Å². The Labute approximate surface area is 189 Å². The zero-order valence-corrected chi connectivity index (χ0v) is 19.1. The minimum Gasteiger partial charge on any atom is -0.493 e. The van der Waals surface area contributed by atoms with Crippen molar-refractivity contribution in [1.29, 1.82) is 0 Å². The Kier molecular flexibility index (Phi) is 4.89. The molecule has 1 N–H and O–H groups in total. The summed E-state index contributed by atoms with van der Waals surface area (Å²) in [6, 6.07) is 5.66. The van der Waals surface area contributed by atoms with Crippen LogP contribution in [0.1, 0.15) is 36.6 Å². The minimum atomic E-state index is -0.197. The lowest BCUT2D eigenvalue weighted by atomic mass is 10.0. The van der Waals surface area contributed by atoms with Crippen LogP contribution >= 0.6 is 11.6 Å². The standard InChI is InChI=1S/C23H23ClN6O2/c1-12(2)19-20(13(3)5-7-25-19)30-21-17(29(4)23(30)31)11-26-22(28-21)27-16-9-14-6-8-32-18(14)10-15(16)24/h5,7,9-12H,6,8H2,1-4H3,(H,26,27,28). The highest BCUT2D eigenvalue weighted by Gasteiger charge is 2.22. The Morgan fingerprint density at radius 2 is 2.06 bits per heavy atom. The first-order valence-electron chi connectivity index (χ1n) is 10.5. The van der Waals surface area contributed by atoms with Crippen LogP contribution < -0.4 is 15.7 Å². The van der Waals surface area contributed by atoms with E-state index in [1.54, 1.807) is 34.6 Å². The molecule has 0 unspecified atom stereocenters. The molecular weight excluding hydrogens is 428 g/mol. The summed E-state index contributed by atoms with van der Waals surface area (Å²) < 4.78 is 8.75. The molecule has 3 aromatic heterocycles. The number of rotatable bonds is 4. The lowest BCUT2D eigenvalue weighted by Crippen LogP contribution is -2.23. The normalized spacial score (nSPS) is 12.9. The van der Waals surface area contributed by atoms with E-state index in [9.17, 15) is 4.79 Å². The van der Waals surface area contributed by atoms with Crippen LogP contribution in [0.25, 0.3) is 16.9 Å². The molecule has 4 aromatic rings. The number of anilines is 2. The molecule has 4 heterocycles. The van der Waals surface area contributed by atoms with Crippen LogP contribution in [0.4, 0.5) is 11.6 Å². The Morgan fingerprint density at radius 3 is 2.84 bits per heavy atom. The van der Waals surface area contributed by atoms with Crippen LogP contribution in [-0.4, -0.2) is 30.7 Å². The number of ether oxygens (including phenoxy) is 1. The number of nitrogens with zero attached hydrogens (tertiary/aromatic N) is 5. The number of imidazole rings is 1. The topological polar surface area (TPSA) is 86.9 Å². The van der Waals surface area contributed by atoms with Gasteiger partial charge in [0.2, 0.25) is 5.95 Å². The third-order valence-electron chi connectivity index (χ3n) is 5.75. The SMILES string of the molecule is Cc1ccnc(C(C)C)c1-n1c(=O)n(C)c2cnc(Nc3cc4c(cc3Cl)OCC4)nc21. The van der Waals surface area contributed by atoms with E-state index in [2.05, 4.69) is 29.1 Å². The first-order valence-corrected chi connectivity index (χ1v) is 10.9. The van der Waals surface area contributed by atoms with Crippen LogP contribution in [0.2, 0.25) is 5.02 Å². The smallest absolute Gasteiger partial charge is 0.334 e. The van der Waals surface area contributed by atoms with Crippen molar-refractivity contribution in [2.24, 2.45) is 7.05 Å². The molecule has 0 spiro atoms. The number of hydrogen-bond acceptors (Lipinski definition) is 6. The van der Waals surface area contributed by atoms with Gasteiger partial charge in [-0.3, -0.25) is 9.55 Å². The summed E-state index contributed by atoms with van der Waals surface area (Å²) in [6.45, 7) is 6.74. The average Bonchev–Trinajstić information content (AvgIpc) is 3.30. The molecule has 8 nitrogen and oxygen atoms in total. The summed E-state index contributed by atoms with van der Waals surface area (Å²) in [6.07, 6.45) is 4.25. The summed E-state index contributed by atoms with van der Waals surface area (Å²) in [5.74, 6) is 1.30. The second-order valence-corrected chi connectivity index (χ2v) is 8.67. The van der Waals surface area contributed by atoms with Crippen molar-refractivity contribution in [3.8, 4) is 11.4 Å².